The first-order chi connectivity index (χ1) is 3.71. The Hall–Kier alpha value is -0.0800. The molecule has 9 heavy (non-hydrogen) atoms. The molecule has 1 aliphatic rings. The van der Waals surface area contributed by atoms with Gasteiger partial charge in [0.25, 0.3) is 0 Å². The average molecular weight is 132 g/mol. The third kappa shape index (κ3) is 2.82. The summed E-state index contributed by atoms with van der Waals surface area (Å²) in [5, 5.41) is 9.37. The van der Waals surface area contributed by atoms with E-state index in [4.69, 9.17) is 0 Å². The molecule has 0 unspecified atom stereocenters. The maximum Gasteiger partial charge on any atom is 0.0619 e. The maximum absolute atomic E-state index is 9.37. The van der Waals surface area contributed by atoms with E-state index in [1.807, 2.05) is 6.92 Å². The van der Waals surface area contributed by atoms with Crippen LogP contribution in [0.3, 0.4) is 0 Å². The standard InChI is InChI=1S/C7H14O.H2O/c1-7(8)5-3-2-4-6-7;/h8H,2-6H2,1H3;1H2. The molecule has 0 aromatic heterocycles. The van der Waals surface area contributed by atoms with E-state index in [2.05, 4.69) is 0 Å². The second-order valence-electron chi connectivity index (χ2n) is 3.06. The van der Waals surface area contributed by atoms with E-state index in [-0.39, 0.29) is 11.1 Å². The van der Waals surface area contributed by atoms with Gasteiger partial charge >= 0.3 is 0 Å². The minimum absolute atomic E-state index is 0. The summed E-state index contributed by atoms with van der Waals surface area (Å²) in [6.45, 7) is 1.94. The first kappa shape index (κ1) is 8.92. The van der Waals surface area contributed by atoms with Crippen LogP contribution in [0, 0.1) is 0 Å². The van der Waals surface area contributed by atoms with Gasteiger partial charge in [0.15, 0.2) is 0 Å². The van der Waals surface area contributed by atoms with Gasteiger partial charge in [0.2, 0.25) is 0 Å². The van der Waals surface area contributed by atoms with Crippen LogP contribution in [0.25, 0.3) is 0 Å². The Labute approximate surface area is 56.2 Å². The maximum atomic E-state index is 9.37. The topological polar surface area (TPSA) is 51.7 Å². The van der Waals surface area contributed by atoms with Crippen molar-refractivity contribution in [2.24, 2.45) is 0 Å². The minimum Gasteiger partial charge on any atom is -0.412 e. The molecular weight excluding hydrogens is 116 g/mol. The van der Waals surface area contributed by atoms with Crippen molar-refractivity contribution in [1.82, 2.24) is 0 Å². The van der Waals surface area contributed by atoms with Crippen molar-refractivity contribution in [1.29, 1.82) is 0 Å². The van der Waals surface area contributed by atoms with Crippen LogP contribution in [0.2, 0.25) is 0 Å². The zero-order valence-electron chi connectivity index (χ0n) is 5.98. The van der Waals surface area contributed by atoms with E-state index >= 15 is 0 Å². The van der Waals surface area contributed by atoms with Crippen LogP contribution in [0.1, 0.15) is 39.0 Å². The molecule has 2 nitrogen and oxygen atoms in total. The Bertz CT molecular complexity index is 71.0. The van der Waals surface area contributed by atoms with Crippen LogP contribution in [0.4, 0.5) is 0 Å². The summed E-state index contributed by atoms with van der Waals surface area (Å²) >= 11 is 0. The number of hydrogen-bond acceptors (Lipinski definition) is 1. The Morgan fingerprint density at radius 2 is 1.56 bits per heavy atom. The lowest BCUT2D eigenvalue weighted by Crippen LogP contribution is -2.26. The van der Waals surface area contributed by atoms with Gasteiger partial charge in [-0.05, 0) is 19.8 Å². The molecule has 1 fully saturated rings. The molecule has 0 heterocycles. The summed E-state index contributed by atoms with van der Waals surface area (Å²) in [6.07, 6.45) is 5.76. The number of aliphatic hydroxyl groups is 1. The molecule has 0 aromatic carbocycles. The van der Waals surface area contributed by atoms with Crippen molar-refractivity contribution in [2.75, 3.05) is 0 Å². The second kappa shape index (κ2) is 3.18. The van der Waals surface area contributed by atoms with E-state index in [0.717, 1.165) is 12.8 Å². The van der Waals surface area contributed by atoms with Gasteiger partial charge in [0.05, 0.1) is 5.60 Å². The predicted molar refractivity (Wildman–Crippen MR) is 37.3 cm³/mol. The summed E-state index contributed by atoms with van der Waals surface area (Å²) in [4.78, 5) is 0. The van der Waals surface area contributed by atoms with Gasteiger partial charge in [0, 0.05) is 0 Å². The van der Waals surface area contributed by atoms with Gasteiger partial charge in [-0.25, -0.2) is 0 Å². The zero-order valence-corrected chi connectivity index (χ0v) is 5.98. The van der Waals surface area contributed by atoms with E-state index in [1.165, 1.54) is 19.3 Å². The van der Waals surface area contributed by atoms with E-state index < -0.39 is 0 Å². The van der Waals surface area contributed by atoms with Crippen molar-refractivity contribution in [2.45, 2.75) is 44.6 Å². The van der Waals surface area contributed by atoms with Gasteiger partial charge in [-0.2, -0.15) is 0 Å². The average Bonchev–Trinajstić information content (AvgIpc) is 1.65. The molecule has 0 bridgehead atoms. The van der Waals surface area contributed by atoms with Crippen LogP contribution >= 0.6 is 0 Å². The van der Waals surface area contributed by atoms with Crippen LogP contribution in [0.15, 0.2) is 0 Å². The smallest absolute Gasteiger partial charge is 0.0619 e. The van der Waals surface area contributed by atoms with Crippen molar-refractivity contribution in [3.8, 4) is 0 Å². The van der Waals surface area contributed by atoms with E-state index in [9.17, 15) is 5.11 Å². The monoisotopic (exact) mass is 132 g/mol. The van der Waals surface area contributed by atoms with Crippen molar-refractivity contribution >= 4 is 0 Å². The Kier molecular flexibility index (Phi) is 3.15. The lowest BCUT2D eigenvalue weighted by molar-refractivity contribution is 0.0225. The van der Waals surface area contributed by atoms with Crippen LogP contribution in [0.5, 0.6) is 0 Å². The minimum atomic E-state index is -0.321. The molecule has 2 heteroatoms. The van der Waals surface area contributed by atoms with Crippen molar-refractivity contribution < 1.29 is 10.6 Å². The Morgan fingerprint density at radius 3 is 1.78 bits per heavy atom. The molecule has 1 aliphatic carbocycles. The Morgan fingerprint density at radius 1 is 1.11 bits per heavy atom. The van der Waals surface area contributed by atoms with Crippen LogP contribution < -0.4 is 0 Å². The second-order valence-corrected chi connectivity index (χ2v) is 3.06. The first-order valence-corrected chi connectivity index (χ1v) is 3.43. The summed E-state index contributed by atoms with van der Waals surface area (Å²) in [5.74, 6) is 0. The SMILES string of the molecule is CC1(O)CCCCC1.O. The predicted octanol–water partition coefficient (Wildman–Crippen LogP) is 0.877. The fraction of sp³-hybridized carbons (Fsp3) is 1.00. The molecule has 0 amide bonds. The van der Waals surface area contributed by atoms with E-state index in [0.29, 0.717) is 0 Å². The van der Waals surface area contributed by atoms with Gasteiger partial charge in [0.1, 0.15) is 0 Å². The fourth-order valence-corrected chi connectivity index (χ4v) is 1.31. The highest BCUT2D eigenvalue weighted by molar-refractivity contribution is 4.76. The highest BCUT2D eigenvalue weighted by atomic mass is 16.3. The highest BCUT2D eigenvalue weighted by Crippen LogP contribution is 2.26. The molecule has 0 atom stereocenters. The van der Waals surface area contributed by atoms with Gasteiger partial charge in [-0.3, -0.25) is 0 Å². The largest absolute Gasteiger partial charge is 0.412 e. The quantitative estimate of drug-likeness (QED) is 0.522. The summed E-state index contributed by atoms with van der Waals surface area (Å²) in [5.41, 5.74) is -0.321. The fourth-order valence-electron chi connectivity index (χ4n) is 1.31. The molecular formula is C7H16O2. The summed E-state index contributed by atoms with van der Waals surface area (Å²) < 4.78 is 0. The summed E-state index contributed by atoms with van der Waals surface area (Å²) in [7, 11) is 0. The normalized spacial score (nSPS) is 24.7. The first-order valence-electron chi connectivity index (χ1n) is 3.43. The Balaban J connectivity index is 0.000000640. The lowest BCUT2D eigenvalue weighted by atomic mass is 9.87. The molecule has 0 aromatic rings. The molecule has 1 saturated carbocycles. The summed E-state index contributed by atoms with van der Waals surface area (Å²) in [6, 6.07) is 0. The van der Waals surface area contributed by atoms with Crippen LogP contribution in [-0.4, -0.2) is 16.2 Å². The lowest BCUT2D eigenvalue weighted by Gasteiger charge is -2.27. The van der Waals surface area contributed by atoms with Crippen molar-refractivity contribution in [3.63, 3.8) is 0 Å². The molecule has 1 rings (SSSR count). The number of hydrogen-bond donors (Lipinski definition) is 1. The van der Waals surface area contributed by atoms with Crippen LogP contribution in [-0.2, 0) is 0 Å². The highest BCUT2D eigenvalue weighted by Gasteiger charge is 2.22. The molecule has 0 aliphatic heterocycles. The third-order valence-electron chi connectivity index (χ3n) is 1.93. The molecule has 0 radical (unpaired) electrons. The molecule has 0 saturated heterocycles. The molecule has 0 spiro atoms. The van der Waals surface area contributed by atoms with Gasteiger partial charge in [-0.15, -0.1) is 0 Å². The molecule has 56 valence electrons. The van der Waals surface area contributed by atoms with Gasteiger partial charge in [-0.1, -0.05) is 19.3 Å². The zero-order chi connectivity index (χ0) is 6.04. The van der Waals surface area contributed by atoms with E-state index in [1.54, 1.807) is 0 Å². The van der Waals surface area contributed by atoms with Gasteiger partial charge < -0.3 is 10.6 Å². The molecule has 3 N–H and O–H groups in total. The number of rotatable bonds is 0. The third-order valence-corrected chi connectivity index (χ3v) is 1.93. The van der Waals surface area contributed by atoms with Crippen molar-refractivity contribution in [3.05, 3.63) is 0 Å².